The largest absolute Gasteiger partial charge is 0.383 e. The van der Waals surface area contributed by atoms with Gasteiger partial charge in [-0.05, 0) is 36.2 Å². The highest BCUT2D eigenvalue weighted by atomic mass is 16.1. The van der Waals surface area contributed by atoms with Crippen LogP contribution in [-0.4, -0.2) is 35.4 Å². The lowest BCUT2D eigenvalue weighted by Gasteiger charge is -2.35. The molecule has 28 heavy (non-hydrogen) atoms. The minimum atomic E-state index is -0.195. The fraction of sp³-hybridized carbons (Fsp3) is 0.227. The van der Waals surface area contributed by atoms with Gasteiger partial charge >= 0.3 is 0 Å². The van der Waals surface area contributed by atoms with E-state index in [0.29, 0.717) is 11.3 Å². The molecule has 3 aromatic rings. The summed E-state index contributed by atoms with van der Waals surface area (Å²) in [6, 6.07) is 17.9. The molecule has 1 atom stereocenters. The minimum absolute atomic E-state index is 0.195. The lowest BCUT2D eigenvalue weighted by atomic mass is 10.0. The van der Waals surface area contributed by atoms with Crippen LogP contribution in [0.4, 0.5) is 11.6 Å². The molecule has 142 valence electrons. The lowest BCUT2D eigenvalue weighted by molar-refractivity contribution is 0.103. The van der Waals surface area contributed by atoms with Crippen molar-refractivity contribution in [2.75, 3.05) is 30.3 Å². The third kappa shape index (κ3) is 3.59. The number of piperazine rings is 1. The summed E-state index contributed by atoms with van der Waals surface area (Å²) in [6.07, 6.45) is 1.58. The highest BCUT2D eigenvalue weighted by molar-refractivity contribution is 6.11. The molecule has 4 rings (SSSR count). The van der Waals surface area contributed by atoms with Crippen molar-refractivity contribution in [1.82, 2.24) is 15.3 Å². The van der Waals surface area contributed by atoms with Crippen molar-refractivity contribution in [1.29, 1.82) is 0 Å². The normalized spacial score (nSPS) is 16.8. The zero-order chi connectivity index (χ0) is 19.5. The van der Waals surface area contributed by atoms with E-state index in [-0.39, 0.29) is 17.6 Å². The summed E-state index contributed by atoms with van der Waals surface area (Å²) in [5.41, 5.74) is 8.78. The van der Waals surface area contributed by atoms with Crippen LogP contribution >= 0.6 is 0 Å². The molecular weight excluding hydrogens is 350 g/mol. The molecule has 3 heterocycles. The first-order valence-electron chi connectivity index (χ1n) is 9.39. The Labute approximate surface area is 164 Å². The second kappa shape index (κ2) is 7.78. The highest BCUT2D eigenvalue weighted by Gasteiger charge is 2.23. The summed E-state index contributed by atoms with van der Waals surface area (Å²) in [5.74, 6) is 0.837. The number of carbonyl (C=O) groups excluding carboxylic acids is 1. The average Bonchev–Trinajstić information content (AvgIpc) is 2.75. The van der Waals surface area contributed by atoms with Gasteiger partial charge in [0, 0.05) is 31.9 Å². The Hall–Kier alpha value is -3.25. The molecule has 0 saturated carbocycles. The van der Waals surface area contributed by atoms with E-state index in [9.17, 15) is 4.79 Å². The molecule has 1 aromatic carbocycles. The number of nitrogens with one attached hydrogen (secondary N) is 1. The number of aromatic nitrogens is 2. The Morgan fingerprint density at radius 2 is 1.96 bits per heavy atom. The van der Waals surface area contributed by atoms with Gasteiger partial charge in [-0.3, -0.25) is 4.79 Å². The summed E-state index contributed by atoms with van der Waals surface area (Å²) in [5, 5.41) is 3.56. The van der Waals surface area contributed by atoms with E-state index in [1.807, 2.05) is 25.1 Å². The summed E-state index contributed by atoms with van der Waals surface area (Å²) in [4.78, 5) is 23.9. The van der Waals surface area contributed by atoms with Gasteiger partial charge in [-0.2, -0.15) is 0 Å². The Morgan fingerprint density at radius 3 is 2.75 bits per heavy atom. The molecule has 0 aliphatic carbocycles. The van der Waals surface area contributed by atoms with Crippen LogP contribution < -0.4 is 16.0 Å². The Balaban J connectivity index is 1.62. The zero-order valence-electron chi connectivity index (χ0n) is 15.8. The molecule has 0 radical (unpaired) electrons. The molecular formula is C22H23N5O. The second-order valence-electron chi connectivity index (χ2n) is 6.96. The molecule has 1 saturated heterocycles. The van der Waals surface area contributed by atoms with Gasteiger partial charge < -0.3 is 16.0 Å². The van der Waals surface area contributed by atoms with Gasteiger partial charge in [-0.1, -0.05) is 36.4 Å². The van der Waals surface area contributed by atoms with Crippen LogP contribution in [0, 0.1) is 6.92 Å². The lowest BCUT2D eigenvalue weighted by Crippen LogP contribution is -2.46. The van der Waals surface area contributed by atoms with Crippen LogP contribution in [0.15, 0.2) is 60.8 Å². The summed E-state index contributed by atoms with van der Waals surface area (Å²) >= 11 is 0. The van der Waals surface area contributed by atoms with Crippen LogP contribution in [0.25, 0.3) is 0 Å². The van der Waals surface area contributed by atoms with Crippen molar-refractivity contribution in [2.45, 2.75) is 13.0 Å². The Morgan fingerprint density at radius 1 is 1.14 bits per heavy atom. The van der Waals surface area contributed by atoms with E-state index >= 15 is 0 Å². The molecule has 0 unspecified atom stereocenters. The molecule has 1 aliphatic heterocycles. The van der Waals surface area contributed by atoms with E-state index < -0.39 is 0 Å². The predicted octanol–water partition coefficient (Wildman–Crippen LogP) is 2.75. The molecule has 0 bridgehead atoms. The maximum Gasteiger partial charge on any atom is 0.215 e. The fourth-order valence-electron chi connectivity index (χ4n) is 3.53. The molecule has 1 aliphatic rings. The van der Waals surface area contributed by atoms with Crippen LogP contribution in [-0.2, 0) is 0 Å². The molecule has 2 aromatic heterocycles. The Bertz CT molecular complexity index is 989. The first kappa shape index (κ1) is 18.1. The van der Waals surface area contributed by atoms with Crippen molar-refractivity contribution in [3.05, 3.63) is 83.2 Å². The maximum atomic E-state index is 13.0. The highest BCUT2D eigenvalue weighted by Crippen LogP contribution is 2.24. The van der Waals surface area contributed by atoms with E-state index in [1.54, 1.807) is 18.3 Å². The van der Waals surface area contributed by atoms with Crippen molar-refractivity contribution >= 4 is 17.4 Å². The van der Waals surface area contributed by atoms with Gasteiger partial charge in [0.2, 0.25) is 5.78 Å². The molecule has 1 fully saturated rings. The number of anilines is 2. The number of hydrogen-bond acceptors (Lipinski definition) is 6. The van der Waals surface area contributed by atoms with E-state index in [4.69, 9.17) is 10.7 Å². The van der Waals surface area contributed by atoms with Crippen molar-refractivity contribution < 1.29 is 4.79 Å². The number of rotatable bonds is 4. The number of benzene rings is 1. The third-order valence-corrected chi connectivity index (χ3v) is 5.08. The number of nitrogens with zero attached hydrogens (tertiary/aromatic N) is 3. The van der Waals surface area contributed by atoms with Gasteiger partial charge in [0.05, 0.1) is 5.56 Å². The number of ketones is 1. The van der Waals surface area contributed by atoms with E-state index in [1.165, 1.54) is 5.56 Å². The maximum absolute atomic E-state index is 13.0. The smallest absolute Gasteiger partial charge is 0.215 e. The predicted molar refractivity (Wildman–Crippen MR) is 110 cm³/mol. The fourth-order valence-corrected chi connectivity index (χ4v) is 3.53. The average molecular weight is 373 g/mol. The van der Waals surface area contributed by atoms with Gasteiger partial charge in [0.25, 0.3) is 0 Å². The number of pyridine rings is 2. The van der Waals surface area contributed by atoms with Crippen molar-refractivity contribution in [3.63, 3.8) is 0 Å². The SMILES string of the molecule is Cc1ccc(N2CCN[C@H](c3ccccc3)C2)nc1C(=O)c1cccnc1N. The number of nitrogen functional groups attached to an aromatic ring is 1. The summed E-state index contributed by atoms with van der Waals surface area (Å²) in [7, 11) is 0. The molecule has 3 N–H and O–H groups in total. The second-order valence-corrected chi connectivity index (χ2v) is 6.96. The van der Waals surface area contributed by atoms with Gasteiger partial charge in [-0.25, -0.2) is 9.97 Å². The summed E-state index contributed by atoms with van der Waals surface area (Å²) < 4.78 is 0. The number of aryl methyl sites for hydroxylation is 1. The van der Waals surface area contributed by atoms with E-state index in [0.717, 1.165) is 31.0 Å². The van der Waals surface area contributed by atoms with Crippen LogP contribution in [0.3, 0.4) is 0 Å². The van der Waals surface area contributed by atoms with Crippen LogP contribution in [0.5, 0.6) is 0 Å². The standard InChI is InChI=1S/C22H23N5O/c1-15-9-10-19(26-20(15)21(28)17-8-5-11-25-22(17)23)27-13-12-24-18(14-27)16-6-3-2-4-7-16/h2-11,18,24H,12-14H2,1H3,(H2,23,25)/t18-/m0/s1. The van der Waals surface area contributed by atoms with Crippen molar-refractivity contribution in [3.8, 4) is 0 Å². The first-order chi connectivity index (χ1) is 13.6. The summed E-state index contributed by atoms with van der Waals surface area (Å²) in [6.45, 7) is 4.37. The monoisotopic (exact) mass is 373 g/mol. The minimum Gasteiger partial charge on any atom is -0.383 e. The first-order valence-corrected chi connectivity index (χ1v) is 9.39. The van der Waals surface area contributed by atoms with Crippen molar-refractivity contribution in [2.24, 2.45) is 0 Å². The number of carbonyl (C=O) groups is 1. The van der Waals surface area contributed by atoms with Gasteiger partial charge in [0.15, 0.2) is 0 Å². The molecule has 6 heteroatoms. The van der Waals surface area contributed by atoms with E-state index in [2.05, 4.69) is 39.5 Å². The number of nitrogens with two attached hydrogens (primary N) is 1. The van der Waals surface area contributed by atoms with Gasteiger partial charge in [0.1, 0.15) is 17.3 Å². The molecule has 0 amide bonds. The quantitative estimate of drug-likeness (QED) is 0.684. The Kier molecular flexibility index (Phi) is 5.04. The molecule has 6 nitrogen and oxygen atoms in total. The zero-order valence-corrected chi connectivity index (χ0v) is 15.8. The third-order valence-electron chi connectivity index (χ3n) is 5.08. The number of hydrogen-bond donors (Lipinski definition) is 2. The topological polar surface area (TPSA) is 84.1 Å². The van der Waals surface area contributed by atoms with Crippen LogP contribution in [0.2, 0.25) is 0 Å². The molecule has 0 spiro atoms. The van der Waals surface area contributed by atoms with Gasteiger partial charge in [-0.15, -0.1) is 0 Å². The van der Waals surface area contributed by atoms with Crippen LogP contribution in [0.1, 0.15) is 33.2 Å².